The van der Waals surface area contributed by atoms with Crippen LogP contribution >= 0.6 is 34.3 Å². The summed E-state index contributed by atoms with van der Waals surface area (Å²) in [5.74, 6) is -0.108. The zero-order valence-corrected chi connectivity index (χ0v) is 18.7. The number of benzene rings is 2. The van der Waals surface area contributed by atoms with Gasteiger partial charge in [0.2, 0.25) is 0 Å². The van der Waals surface area contributed by atoms with Crippen LogP contribution in [0.3, 0.4) is 0 Å². The zero-order valence-electron chi connectivity index (χ0n) is 16.3. The maximum absolute atomic E-state index is 13.4. The molecular formula is C21H21ClN4OS2. The van der Waals surface area contributed by atoms with E-state index in [1.165, 1.54) is 22.7 Å². The Morgan fingerprint density at radius 3 is 2.48 bits per heavy atom. The predicted octanol–water partition coefficient (Wildman–Crippen LogP) is 5.55. The van der Waals surface area contributed by atoms with E-state index < -0.39 is 0 Å². The number of para-hydroxylation sites is 1. The van der Waals surface area contributed by atoms with Crippen LogP contribution in [0.2, 0.25) is 5.02 Å². The van der Waals surface area contributed by atoms with E-state index in [-0.39, 0.29) is 5.91 Å². The van der Waals surface area contributed by atoms with Crippen LogP contribution in [-0.2, 0) is 0 Å². The second-order valence-corrected chi connectivity index (χ2v) is 9.06. The molecule has 0 N–H and O–H groups in total. The van der Waals surface area contributed by atoms with Crippen molar-refractivity contribution in [2.24, 2.45) is 0 Å². The van der Waals surface area contributed by atoms with E-state index in [9.17, 15) is 4.79 Å². The first-order valence-corrected chi connectivity index (χ1v) is 11.6. The lowest BCUT2D eigenvalue weighted by atomic mass is 10.3. The molecule has 0 atom stereocenters. The first-order valence-electron chi connectivity index (χ1n) is 9.55. The lowest BCUT2D eigenvalue weighted by molar-refractivity contribution is 0.0983. The van der Waals surface area contributed by atoms with Gasteiger partial charge < -0.3 is 4.90 Å². The molecule has 2 aromatic carbocycles. The number of amides is 1. The first kappa shape index (κ1) is 20.2. The largest absolute Gasteiger partial charge is 0.302 e. The number of thiazole rings is 2. The van der Waals surface area contributed by atoms with Crippen LogP contribution in [0.25, 0.3) is 20.4 Å². The fraction of sp³-hybridized carbons (Fsp3) is 0.286. The van der Waals surface area contributed by atoms with Crippen molar-refractivity contribution in [3.8, 4) is 0 Å². The average Bonchev–Trinajstić information content (AvgIpc) is 3.34. The summed E-state index contributed by atoms with van der Waals surface area (Å²) in [7, 11) is 0. The molecule has 29 heavy (non-hydrogen) atoms. The van der Waals surface area contributed by atoms with Crippen molar-refractivity contribution in [2.75, 3.05) is 31.1 Å². The topological polar surface area (TPSA) is 49.3 Å². The number of aromatic nitrogens is 2. The summed E-state index contributed by atoms with van der Waals surface area (Å²) in [5.41, 5.74) is 1.69. The summed E-state index contributed by atoms with van der Waals surface area (Å²) in [6, 6.07) is 13.4. The van der Waals surface area contributed by atoms with Crippen molar-refractivity contribution < 1.29 is 4.79 Å². The number of fused-ring (bicyclic) bond motifs is 2. The summed E-state index contributed by atoms with van der Waals surface area (Å²) >= 11 is 9.04. The monoisotopic (exact) mass is 444 g/mol. The standard InChI is InChI=1S/C21H21ClN4OS2/c1-3-25(4-2)11-12-26(21-24-16-10-9-14(22)13-18(16)29-21)20(27)19-23-15-7-5-6-8-17(15)28-19/h5-10,13H,3-4,11-12H2,1-2H3. The number of nitrogens with zero attached hydrogens (tertiary/aromatic N) is 4. The van der Waals surface area contributed by atoms with Gasteiger partial charge in [-0.05, 0) is 43.4 Å². The van der Waals surface area contributed by atoms with Gasteiger partial charge in [0.15, 0.2) is 10.1 Å². The lowest BCUT2D eigenvalue weighted by Crippen LogP contribution is -2.38. The minimum Gasteiger partial charge on any atom is -0.302 e. The van der Waals surface area contributed by atoms with Crippen LogP contribution in [0.1, 0.15) is 23.6 Å². The molecule has 5 nitrogen and oxygen atoms in total. The molecule has 0 spiro atoms. The fourth-order valence-electron chi connectivity index (χ4n) is 3.15. The number of likely N-dealkylation sites (N-methyl/N-ethyl adjacent to an activating group) is 1. The molecule has 0 aliphatic carbocycles. The van der Waals surface area contributed by atoms with Gasteiger partial charge in [0.05, 0.1) is 20.4 Å². The van der Waals surface area contributed by atoms with Gasteiger partial charge in [-0.3, -0.25) is 9.69 Å². The van der Waals surface area contributed by atoms with Gasteiger partial charge in [-0.15, -0.1) is 11.3 Å². The van der Waals surface area contributed by atoms with Crippen LogP contribution in [0.15, 0.2) is 42.5 Å². The Hall–Kier alpha value is -2.06. The van der Waals surface area contributed by atoms with Gasteiger partial charge in [0.25, 0.3) is 5.91 Å². The van der Waals surface area contributed by atoms with Crippen molar-refractivity contribution in [1.82, 2.24) is 14.9 Å². The van der Waals surface area contributed by atoms with Crippen molar-refractivity contribution in [3.63, 3.8) is 0 Å². The van der Waals surface area contributed by atoms with E-state index in [0.717, 1.165) is 40.1 Å². The quantitative estimate of drug-likeness (QED) is 0.375. The third-order valence-corrected chi connectivity index (χ3v) is 7.13. The van der Waals surface area contributed by atoms with E-state index >= 15 is 0 Å². The van der Waals surface area contributed by atoms with Crippen LogP contribution in [-0.4, -0.2) is 47.0 Å². The lowest BCUT2D eigenvalue weighted by Gasteiger charge is -2.24. The van der Waals surface area contributed by atoms with E-state index in [4.69, 9.17) is 16.6 Å². The molecule has 150 valence electrons. The Kier molecular flexibility index (Phi) is 6.10. The molecule has 0 bridgehead atoms. The highest BCUT2D eigenvalue weighted by molar-refractivity contribution is 7.23. The van der Waals surface area contributed by atoms with Gasteiger partial charge in [-0.1, -0.05) is 48.9 Å². The molecule has 2 aromatic heterocycles. The Bertz CT molecular complexity index is 1120. The van der Waals surface area contributed by atoms with E-state index in [1.807, 2.05) is 42.5 Å². The number of hydrogen-bond donors (Lipinski definition) is 0. The Morgan fingerprint density at radius 1 is 0.966 bits per heavy atom. The highest BCUT2D eigenvalue weighted by Crippen LogP contribution is 2.32. The second-order valence-electron chi connectivity index (χ2n) is 6.58. The fourth-order valence-corrected chi connectivity index (χ4v) is 5.33. The van der Waals surface area contributed by atoms with Crippen LogP contribution in [0.5, 0.6) is 0 Å². The number of anilines is 1. The maximum Gasteiger partial charge on any atom is 0.289 e. The molecule has 4 rings (SSSR count). The number of carbonyl (C=O) groups is 1. The van der Waals surface area contributed by atoms with Gasteiger partial charge in [0.1, 0.15) is 0 Å². The molecule has 0 saturated heterocycles. The maximum atomic E-state index is 13.4. The van der Waals surface area contributed by atoms with E-state index in [0.29, 0.717) is 21.7 Å². The number of hydrogen-bond acceptors (Lipinski definition) is 6. The van der Waals surface area contributed by atoms with Gasteiger partial charge in [0, 0.05) is 18.1 Å². The van der Waals surface area contributed by atoms with Crippen molar-refractivity contribution >= 4 is 65.7 Å². The molecule has 8 heteroatoms. The third-order valence-electron chi connectivity index (χ3n) is 4.83. The third kappa shape index (κ3) is 4.28. The minimum absolute atomic E-state index is 0.108. The molecule has 2 heterocycles. The van der Waals surface area contributed by atoms with Crippen molar-refractivity contribution in [1.29, 1.82) is 0 Å². The Balaban J connectivity index is 1.70. The number of carbonyl (C=O) groups excluding carboxylic acids is 1. The smallest absolute Gasteiger partial charge is 0.289 e. The molecule has 4 aromatic rings. The SMILES string of the molecule is CCN(CC)CCN(C(=O)c1nc2ccccc2s1)c1nc2ccc(Cl)cc2s1. The van der Waals surface area contributed by atoms with Crippen molar-refractivity contribution in [2.45, 2.75) is 13.8 Å². The number of halogens is 1. The average molecular weight is 445 g/mol. The van der Waals surface area contributed by atoms with Crippen LogP contribution in [0.4, 0.5) is 5.13 Å². The van der Waals surface area contributed by atoms with Crippen molar-refractivity contribution in [3.05, 3.63) is 52.5 Å². The molecule has 0 fully saturated rings. The predicted molar refractivity (Wildman–Crippen MR) is 124 cm³/mol. The summed E-state index contributed by atoms with van der Waals surface area (Å²) in [6.45, 7) is 7.47. The Morgan fingerprint density at radius 2 is 1.72 bits per heavy atom. The van der Waals surface area contributed by atoms with Gasteiger partial charge >= 0.3 is 0 Å². The molecule has 0 radical (unpaired) electrons. The summed E-state index contributed by atoms with van der Waals surface area (Å²) in [4.78, 5) is 26.8. The molecule has 0 unspecified atom stereocenters. The summed E-state index contributed by atoms with van der Waals surface area (Å²) in [5, 5.41) is 1.83. The number of rotatable bonds is 7. The highest BCUT2D eigenvalue weighted by atomic mass is 35.5. The minimum atomic E-state index is -0.108. The zero-order chi connectivity index (χ0) is 20.4. The summed E-state index contributed by atoms with van der Waals surface area (Å²) in [6.07, 6.45) is 0. The van der Waals surface area contributed by atoms with Crippen LogP contribution < -0.4 is 4.90 Å². The normalized spacial score (nSPS) is 11.6. The Labute approximate surface area is 182 Å². The summed E-state index contributed by atoms with van der Waals surface area (Å²) < 4.78 is 1.98. The molecule has 0 saturated carbocycles. The molecule has 0 aliphatic heterocycles. The molecule has 0 aliphatic rings. The van der Waals surface area contributed by atoms with E-state index in [1.54, 1.807) is 4.90 Å². The van der Waals surface area contributed by atoms with Crippen LogP contribution in [0, 0.1) is 0 Å². The first-order chi connectivity index (χ1) is 14.1. The second kappa shape index (κ2) is 8.75. The van der Waals surface area contributed by atoms with E-state index in [2.05, 4.69) is 23.7 Å². The van der Waals surface area contributed by atoms with Gasteiger partial charge in [-0.25, -0.2) is 9.97 Å². The van der Waals surface area contributed by atoms with Gasteiger partial charge in [-0.2, -0.15) is 0 Å². The highest BCUT2D eigenvalue weighted by Gasteiger charge is 2.24. The molecular weight excluding hydrogens is 424 g/mol. The molecule has 1 amide bonds.